The fraction of sp³-hybridized carbons (Fsp3) is 0.440. The van der Waals surface area contributed by atoms with Crippen LogP contribution in [-0.4, -0.2) is 42.0 Å². The van der Waals surface area contributed by atoms with Gasteiger partial charge in [0.05, 0.1) is 11.4 Å². The molecule has 1 aliphatic rings. The molecule has 0 aromatic carbocycles. The Morgan fingerprint density at radius 2 is 1.57 bits per heavy atom. The molecule has 0 unspecified atom stereocenters. The number of aliphatic imine (C=N–C) groups is 1. The van der Waals surface area contributed by atoms with Crippen LogP contribution in [0.15, 0.2) is 77.5 Å². The third-order valence-corrected chi connectivity index (χ3v) is 4.43. The van der Waals surface area contributed by atoms with Crippen LogP contribution in [0, 0.1) is 0 Å². The molecule has 0 aromatic rings. The van der Waals surface area contributed by atoms with Crippen LogP contribution >= 0.6 is 0 Å². The quantitative estimate of drug-likeness (QED) is 0.334. The SMILES string of the molecule is C=C/C=C\C=C/C.C\C=C/C=C\C(C)=C(/CN1CCC(F)(F)CC1)N=C(C)C(C)=O. The summed E-state index contributed by atoms with van der Waals surface area (Å²) in [6.45, 7) is 13.7. The van der Waals surface area contributed by atoms with Crippen LogP contribution in [0.25, 0.3) is 0 Å². The number of carbonyl (C=O) groups excluding carboxylic acids is 1. The van der Waals surface area contributed by atoms with Gasteiger partial charge in [-0.05, 0) is 33.3 Å². The number of allylic oxidation sites excluding steroid dienone is 10. The molecule has 0 spiro atoms. The number of halogens is 2. The Balaban J connectivity index is 0.00000103. The molecule has 0 atom stereocenters. The third kappa shape index (κ3) is 12.9. The number of nitrogens with zero attached hydrogens (tertiary/aromatic N) is 2. The normalized spacial score (nSPS) is 18.7. The molecule has 0 N–H and O–H groups in total. The summed E-state index contributed by atoms with van der Waals surface area (Å²) in [7, 11) is 0. The van der Waals surface area contributed by atoms with Crippen molar-refractivity contribution in [2.45, 2.75) is 53.4 Å². The second-order valence-electron chi connectivity index (χ2n) is 7.05. The van der Waals surface area contributed by atoms with Crippen LogP contribution in [-0.2, 0) is 4.79 Å². The van der Waals surface area contributed by atoms with Gasteiger partial charge in [0.25, 0.3) is 5.92 Å². The molecule has 1 aliphatic heterocycles. The van der Waals surface area contributed by atoms with Gasteiger partial charge >= 0.3 is 0 Å². The number of ketones is 1. The second-order valence-corrected chi connectivity index (χ2v) is 7.05. The third-order valence-electron chi connectivity index (χ3n) is 4.43. The average molecular weight is 419 g/mol. The first kappa shape index (κ1) is 27.6. The Morgan fingerprint density at radius 3 is 2.07 bits per heavy atom. The van der Waals surface area contributed by atoms with E-state index in [4.69, 9.17) is 0 Å². The monoisotopic (exact) mass is 418 g/mol. The van der Waals surface area contributed by atoms with Gasteiger partial charge in [-0.3, -0.25) is 14.7 Å². The molecule has 0 radical (unpaired) electrons. The van der Waals surface area contributed by atoms with E-state index in [9.17, 15) is 13.6 Å². The maximum atomic E-state index is 13.3. The average Bonchev–Trinajstić information content (AvgIpc) is 2.69. The molecule has 1 rings (SSSR count). The fourth-order valence-electron chi connectivity index (χ4n) is 2.44. The number of hydrogen-bond donors (Lipinski definition) is 0. The smallest absolute Gasteiger partial charge is 0.250 e. The summed E-state index contributed by atoms with van der Waals surface area (Å²) in [6.07, 6.45) is 16.9. The zero-order chi connectivity index (χ0) is 23.0. The Labute approximate surface area is 181 Å². The van der Waals surface area contributed by atoms with Crippen molar-refractivity contribution >= 4 is 11.5 Å². The van der Waals surface area contributed by atoms with Crippen molar-refractivity contribution in [3.63, 3.8) is 0 Å². The predicted octanol–water partition coefficient (Wildman–Crippen LogP) is 6.48. The first-order valence-corrected chi connectivity index (χ1v) is 10.2. The molecule has 0 bridgehead atoms. The Hall–Kier alpha value is -2.40. The van der Waals surface area contributed by atoms with E-state index < -0.39 is 5.92 Å². The molecular formula is C25H36F2N2O. The molecule has 0 aliphatic carbocycles. The highest BCUT2D eigenvalue weighted by Crippen LogP contribution is 2.28. The second kappa shape index (κ2) is 15.4. The lowest BCUT2D eigenvalue weighted by Gasteiger charge is -2.31. The molecule has 1 saturated heterocycles. The summed E-state index contributed by atoms with van der Waals surface area (Å²) in [6, 6.07) is 0. The number of carbonyl (C=O) groups is 1. The van der Waals surface area contributed by atoms with Crippen LogP contribution in [0.2, 0.25) is 0 Å². The van der Waals surface area contributed by atoms with Crippen LogP contribution in [0.1, 0.15) is 47.5 Å². The lowest BCUT2D eigenvalue weighted by molar-refractivity contribution is -0.111. The zero-order valence-electron chi connectivity index (χ0n) is 19.0. The minimum atomic E-state index is -2.56. The number of Topliss-reactive ketones (excluding diaryl/α,β-unsaturated/α-hetero) is 1. The highest BCUT2D eigenvalue weighted by Gasteiger charge is 2.34. The van der Waals surface area contributed by atoms with Crippen molar-refractivity contribution in [3.05, 3.63) is 72.5 Å². The van der Waals surface area contributed by atoms with Gasteiger partial charge in [-0.15, -0.1) is 0 Å². The van der Waals surface area contributed by atoms with Crippen molar-refractivity contribution < 1.29 is 13.6 Å². The van der Waals surface area contributed by atoms with E-state index in [2.05, 4.69) is 11.6 Å². The number of likely N-dealkylation sites (tertiary alicyclic amines) is 1. The van der Waals surface area contributed by atoms with Gasteiger partial charge in [0.15, 0.2) is 5.78 Å². The van der Waals surface area contributed by atoms with E-state index >= 15 is 0 Å². The van der Waals surface area contributed by atoms with Crippen molar-refractivity contribution in [1.29, 1.82) is 0 Å². The highest BCUT2D eigenvalue weighted by atomic mass is 19.3. The molecule has 166 valence electrons. The summed E-state index contributed by atoms with van der Waals surface area (Å²) in [5.74, 6) is -2.64. The van der Waals surface area contributed by atoms with Gasteiger partial charge in [-0.25, -0.2) is 8.78 Å². The number of rotatable bonds is 8. The van der Waals surface area contributed by atoms with E-state index in [-0.39, 0.29) is 18.6 Å². The van der Waals surface area contributed by atoms with Gasteiger partial charge in [-0.2, -0.15) is 0 Å². The molecule has 1 heterocycles. The lowest BCUT2D eigenvalue weighted by atomic mass is 10.1. The van der Waals surface area contributed by atoms with Crippen LogP contribution in [0.4, 0.5) is 8.78 Å². The highest BCUT2D eigenvalue weighted by molar-refractivity contribution is 6.38. The minimum absolute atomic E-state index is 0.0853. The van der Waals surface area contributed by atoms with E-state index in [0.717, 1.165) is 11.3 Å². The largest absolute Gasteiger partial charge is 0.297 e. The molecule has 3 nitrogen and oxygen atoms in total. The van der Waals surface area contributed by atoms with E-state index in [1.54, 1.807) is 13.0 Å². The summed E-state index contributed by atoms with van der Waals surface area (Å²) in [5, 5.41) is 0. The molecule has 0 amide bonds. The maximum Gasteiger partial charge on any atom is 0.250 e. The summed E-state index contributed by atoms with van der Waals surface area (Å²) in [5.41, 5.74) is 2.12. The predicted molar refractivity (Wildman–Crippen MR) is 125 cm³/mol. The van der Waals surface area contributed by atoms with E-state index in [1.165, 1.54) is 6.92 Å². The molecule has 5 heteroatoms. The van der Waals surface area contributed by atoms with Gasteiger partial charge in [0.1, 0.15) is 0 Å². The molecular weight excluding hydrogens is 382 g/mol. The molecule has 30 heavy (non-hydrogen) atoms. The summed E-state index contributed by atoms with van der Waals surface area (Å²) < 4.78 is 26.5. The van der Waals surface area contributed by atoms with E-state index in [1.807, 2.05) is 74.3 Å². The standard InChI is InChI=1S/C18H26F2N2O.C7H10/c1-5-6-7-8-14(2)17(21-15(3)16(4)23)13-22-11-9-18(19,20)10-12-22;1-3-5-7-6-4-2/h5-8H,9-13H2,1-4H3;3-7H,1H2,2H3/b6-5-,8-7-,17-14+,21-15?;6-4-,7-5-. The number of piperidine rings is 1. The molecule has 1 fully saturated rings. The summed E-state index contributed by atoms with van der Waals surface area (Å²) >= 11 is 0. The van der Waals surface area contributed by atoms with Crippen LogP contribution in [0.5, 0.6) is 0 Å². The Kier molecular flexibility index (Phi) is 14.2. The maximum absolute atomic E-state index is 13.3. The first-order valence-electron chi connectivity index (χ1n) is 10.2. The van der Waals surface area contributed by atoms with Crippen molar-refractivity contribution in [2.24, 2.45) is 4.99 Å². The first-order chi connectivity index (χ1) is 14.2. The van der Waals surface area contributed by atoms with Gasteiger partial charge < -0.3 is 0 Å². The van der Waals surface area contributed by atoms with Crippen molar-refractivity contribution in [2.75, 3.05) is 19.6 Å². The zero-order valence-corrected chi connectivity index (χ0v) is 19.0. The molecule has 0 aromatic heterocycles. The van der Waals surface area contributed by atoms with Gasteiger partial charge in [0.2, 0.25) is 0 Å². The van der Waals surface area contributed by atoms with E-state index in [0.29, 0.717) is 25.3 Å². The fourth-order valence-corrected chi connectivity index (χ4v) is 2.44. The van der Waals surface area contributed by atoms with Crippen LogP contribution < -0.4 is 0 Å². The Morgan fingerprint density at radius 1 is 1.00 bits per heavy atom. The summed E-state index contributed by atoms with van der Waals surface area (Å²) in [4.78, 5) is 17.8. The minimum Gasteiger partial charge on any atom is -0.297 e. The Bertz CT molecular complexity index is 715. The van der Waals surface area contributed by atoms with Crippen molar-refractivity contribution in [1.82, 2.24) is 4.90 Å². The topological polar surface area (TPSA) is 32.7 Å². The number of alkyl halides is 2. The van der Waals surface area contributed by atoms with Gasteiger partial charge in [-0.1, -0.05) is 61.3 Å². The molecule has 0 saturated carbocycles. The van der Waals surface area contributed by atoms with Gasteiger partial charge in [0, 0.05) is 39.4 Å². The van der Waals surface area contributed by atoms with Crippen LogP contribution in [0.3, 0.4) is 0 Å². The lowest BCUT2D eigenvalue weighted by Crippen LogP contribution is -2.40. The number of hydrogen-bond acceptors (Lipinski definition) is 3. The van der Waals surface area contributed by atoms with Crippen molar-refractivity contribution in [3.8, 4) is 0 Å².